The first-order valence-corrected chi connectivity index (χ1v) is 18.7. The smallest absolute Gasteiger partial charge is 0.374 e. The van der Waals surface area contributed by atoms with Gasteiger partial charge in [-0.25, -0.2) is 13.1 Å². The van der Waals surface area contributed by atoms with Crippen LogP contribution in [0.25, 0.3) is 17.2 Å². The molecule has 2 heterocycles. The highest BCUT2D eigenvalue weighted by molar-refractivity contribution is 7.89. The molecule has 5 rings (SSSR count). The van der Waals surface area contributed by atoms with Gasteiger partial charge in [0.05, 0.1) is 27.3 Å². The number of nitrogens with one attached hydrogen (secondary N) is 1. The Labute approximate surface area is 288 Å². The second-order valence-electron chi connectivity index (χ2n) is 11.4. The number of nitro benzene ring substituents is 1. The van der Waals surface area contributed by atoms with Crippen LogP contribution >= 0.6 is 0 Å². The number of aryl methyl sites for hydroxylation is 1. The fourth-order valence-electron chi connectivity index (χ4n) is 5.45. The zero-order valence-corrected chi connectivity index (χ0v) is 28.3. The van der Waals surface area contributed by atoms with Crippen LogP contribution in [0.1, 0.15) is 43.6 Å². The van der Waals surface area contributed by atoms with Crippen LogP contribution in [0.3, 0.4) is 0 Å². The first-order chi connectivity index (χ1) is 23.8. The van der Waals surface area contributed by atoms with E-state index in [0.29, 0.717) is 48.9 Å². The number of carbonyl (C=O) groups is 1. The molecule has 0 atom stereocenters. The number of fused-ring (bicyclic) bond motifs is 2. The number of benzene rings is 3. The van der Waals surface area contributed by atoms with E-state index in [1.54, 1.807) is 30.4 Å². The van der Waals surface area contributed by atoms with Crippen LogP contribution in [0.15, 0.2) is 94.1 Å². The monoisotopic (exact) mass is 727 g/mol. The molecule has 0 bridgehead atoms. The second kappa shape index (κ2) is 15.6. The number of hydrogen-bond donors (Lipinski definition) is 3. The van der Waals surface area contributed by atoms with Crippen LogP contribution in [0.4, 0.5) is 11.4 Å². The summed E-state index contributed by atoms with van der Waals surface area (Å²) in [6.07, 6.45) is 7.01. The van der Waals surface area contributed by atoms with Crippen LogP contribution in [0.2, 0.25) is 0 Å². The molecule has 17 heteroatoms. The Hall–Kier alpha value is -5.10. The molecule has 0 radical (unpaired) electrons. The third kappa shape index (κ3) is 9.12. The Kier molecular flexibility index (Phi) is 11.3. The van der Waals surface area contributed by atoms with Crippen LogP contribution in [-0.2, 0) is 38.0 Å². The van der Waals surface area contributed by atoms with Gasteiger partial charge in [0.25, 0.3) is 21.3 Å². The summed E-state index contributed by atoms with van der Waals surface area (Å²) in [6, 6.07) is 17.2. The summed E-state index contributed by atoms with van der Waals surface area (Å²) in [5, 5.41) is 20.2. The standard InChI is InChI=1S/C33H34N4O11S2/c38-33(39)16-2-1-7-19-35-28-18-17-25(50(44,45)46)22-30(28)48-32(35)15-8-14-31-36(27-12-5-6-13-29(27)47-31)20-9-21-49(42,43)34-23-24-10-3-4-11-26(24)37(40)41/h3-6,8,10-15,17-18,22,34H,1-2,7,9,16,19-21,23H2,(H-,38,39,44,45,46)/p+1. The van der Waals surface area contributed by atoms with Crippen molar-refractivity contribution in [3.8, 4) is 5.75 Å². The van der Waals surface area contributed by atoms with E-state index in [1.165, 1.54) is 36.4 Å². The number of oxazole rings is 1. The van der Waals surface area contributed by atoms with Gasteiger partial charge < -0.3 is 19.2 Å². The van der Waals surface area contributed by atoms with E-state index < -0.39 is 31.0 Å². The van der Waals surface area contributed by atoms with Crippen LogP contribution in [0, 0.1) is 10.1 Å². The molecule has 0 saturated heterocycles. The number of aliphatic carboxylic acids is 1. The Balaban J connectivity index is 1.31. The molecular formula is C33H35N4O11S2+. The zero-order chi connectivity index (χ0) is 35.9. The van der Waals surface area contributed by atoms with E-state index >= 15 is 0 Å². The lowest BCUT2D eigenvalue weighted by atomic mass is 10.2. The molecule has 4 aromatic rings. The van der Waals surface area contributed by atoms with Crippen molar-refractivity contribution in [1.29, 1.82) is 0 Å². The number of allylic oxidation sites excluding steroid dienone is 2. The van der Waals surface area contributed by atoms with Gasteiger partial charge in [0, 0.05) is 49.7 Å². The van der Waals surface area contributed by atoms with Crippen molar-refractivity contribution in [1.82, 2.24) is 4.72 Å². The van der Waals surface area contributed by atoms with E-state index in [0.717, 1.165) is 5.52 Å². The molecule has 3 N–H and O–H groups in total. The van der Waals surface area contributed by atoms with Gasteiger partial charge in [-0.1, -0.05) is 36.8 Å². The van der Waals surface area contributed by atoms with Crippen LogP contribution in [0.5, 0.6) is 5.75 Å². The Morgan fingerprint density at radius 3 is 2.52 bits per heavy atom. The van der Waals surface area contributed by atoms with Crippen molar-refractivity contribution in [3.05, 3.63) is 106 Å². The maximum atomic E-state index is 12.8. The molecule has 50 heavy (non-hydrogen) atoms. The molecule has 15 nitrogen and oxygen atoms in total. The van der Waals surface area contributed by atoms with Gasteiger partial charge in [-0.2, -0.15) is 13.0 Å². The highest BCUT2D eigenvalue weighted by Crippen LogP contribution is 2.40. The lowest BCUT2D eigenvalue weighted by Gasteiger charge is -2.18. The van der Waals surface area contributed by atoms with Crippen molar-refractivity contribution in [2.24, 2.45) is 0 Å². The average Bonchev–Trinajstić information content (AvgIpc) is 3.60. The molecule has 0 spiro atoms. The third-order valence-electron chi connectivity index (χ3n) is 7.85. The summed E-state index contributed by atoms with van der Waals surface area (Å²) >= 11 is 0. The molecule has 0 aliphatic carbocycles. The summed E-state index contributed by atoms with van der Waals surface area (Å²) in [4.78, 5) is 23.1. The minimum Gasteiger partial charge on any atom is -0.481 e. The number of unbranched alkanes of at least 4 members (excludes halogenated alkanes) is 2. The quantitative estimate of drug-likeness (QED) is 0.0441. The minimum absolute atomic E-state index is 0.0503. The van der Waals surface area contributed by atoms with E-state index in [1.807, 2.05) is 27.7 Å². The summed E-state index contributed by atoms with van der Waals surface area (Å²) in [5.41, 5.74) is 1.96. The van der Waals surface area contributed by atoms with Crippen molar-refractivity contribution in [2.75, 3.05) is 17.2 Å². The fourth-order valence-corrected chi connectivity index (χ4v) is 6.98. The van der Waals surface area contributed by atoms with Gasteiger partial charge in [0.1, 0.15) is 0 Å². The predicted molar refractivity (Wildman–Crippen MR) is 182 cm³/mol. The third-order valence-corrected chi connectivity index (χ3v) is 10.1. The zero-order valence-electron chi connectivity index (χ0n) is 26.7. The summed E-state index contributed by atoms with van der Waals surface area (Å²) in [7, 11) is -8.25. The maximum absolute atomic E-state index is 12.8. The highest BCUT2D eigenvalue weighted by atomic mass is 32.2. The van der Waals surface area contributed by atoms with Gasteiger partial charge in [0.2, 0.25) is 21.5 Å². The number of para-hydroxylation sites is 3. The van der Waals surface area contributed by atoms with E-state index in [-0.39, 0.29) is 53.6 Å². The number of carboxylic acid groups (broad SMARTS) is 1. The Morgan fingerprint density at radius 2 is 1.76 bits per heavy atom. The normalized spacial score (nSPS) is 14.0. The molecule has 0 unspecified atom stereocenters. The number of sulfonamides is 1. The SMILES string of the molecule is O=C(O)CCCCCN1/C(=C/C=C/c2oc3ccccc3[n+]2CCCS(=O)(=O)NCc2ccccc2[N+](=O)[O-])Oc2cc(S(=O)(=O)O)ccc21. The summed E-state index contributed by atoms with van der Waals surface area (Å²) in [5.74, 6) is -0.119. The summed E-state index contributed by atoms with van der Waals surface area (Å²) in [6.45, 7) is 0.497. The lowest BCUT2D eigenvalue weighted by molar-refractivity contribution is -0.677. The number of ether oxygens (including phenoxy) is 1. The fraction of sp³-hybridized carbons (Fsp3) is 0.273. The number of nitro groups is 1. The van der Waals surface area contributed by atoms with Crippen molar-refractivity contribution >= 4 is 54.7 Å². The van der Waals surface area contributed by atoms with Gasteiger partial charge >= 0.3 is 11.9 Å². The van der Waals surface area contributed by atoms with E-state index in [4.69, 9.17) is 14.3 Å². The van der Waals surface area contributed by atoms with E-state index in [9.17, 15) is 36.3 Å². The number of aromatic nitrogens is 1. The predicted octanol–water partition coefficient (Wildman–Crippen LogP) is 4.78. The number of rotatable bonds is 17. The van der Waals surface area contributed by atoms with Gasteiger partial charge in [-0.05, 0) is 43.2 Å². The minimum atomic E-state index is -4.47. The first kappa shape index (κ1) is 36.2. The molecule has 264 valence electrons. The number of anilines is 1. The van der Waals surface area contributed by atoms with E-state index in [2.05, 4.69) is 4.72 Å². The van der Waals surface area contributed by atoms with Gasteiger partial charge in [0.15, 0.2) is 12.3 Å². The van der Waals surface area contributed by atoms with Crippen LogP contribution in [-0.4, -0.2) is 49.7 Å². The molecule has 1 aliphatic rings. The Bertz CT molecular complexity index is 2180. The molecule has 0 amide bonds. The van der Waals surface area contributed by atoms with Crippen molar-refractivity contribution in [3.63, 3.8) is 0 Å². The summed E-state index contributed by atoms with van der Waals surface area (Å²) < 4.78 is 74.9. The maximum Gasteiger partial charge on any atom is 0.374 e. The number of hydrogen-bond acceptors (Lipinski definition) is 10. The first-order valence-electron chi connectivity index (χ1n) is 15.6. The largest absolute Gasteiger partial charge is 0.481 e. The highest BCUT2D eigenvalue weighted by Gasteiger charge is 2.28. The molecule has 3 aromatic carbocycles. The topological polar surface area (TPSA) is 210 Å². The number of carboxylic acids is 1. The second-order valence-corrected chi connectivity index (χ2v) is 14.7. The van der Waals surface area contributed by atoms with Gasteiger partial charge in [-0.15, -0.1) is 0 Å². The lowest BCUT2D eigenvalue weighted by Crippen LogP contribution is -2.37. The molecule has 0 saturated carbocycles. The van der Waals surface area contributed by atoms with Crippen molar-refractivity contribution in [2.45, 2.75) is 50.1 Å². The average molecular weight is 728 g/mol. The molecule has 1 aliphatic heterocycles. The van der Waals surface area contributed by atoms with Gasteiger partial charge in [-0.3, -0.25) is 19.5 Å². The molecule has 1 aromatic heterocycles. The number of nitrogens with zero attached hydrogens (tertiary/aromatic N) is 3. The Morgan fingerprint density at radius 1 is 1.00 bits per heavy atom. The van der Waals surface area contributed by atoms with Crippen molar-refractivity contribution < 1.29 is 49.9 Å². The molecular weight excluding hydrogens is 693 g/mol. The van der Waals surface area contributed by atoms with Crippen LogP contribution < -0.4 is 18.9 Å². The molecule has 0 fully saturated rings.